The van der Waals surface area contributed by atoms with Crippen molar-refractivity contribution in [3.63, 3.8) is 0 Å². The van der Waals surface area contributed by atoms with Gasteiger partial charge in [0, 0.05) is 24.3 Å². The highest BCUT2D eigenvalue weighted by molar-refractivity contribution is 5.03. The summed E-state index contributed by atoms with van der Waals surface area (Å²) in [7, 11) is 0. The van der Waals surface area contributed by atoms with Crippen molar-refractivity contribution in [3.8, 4) is 0 Å². The fourth-order valence-electron chi connectivity index (χ4n) is 0.733. The van der Waals surface area contributed by atoms with Gasteiger partial charge in [-0.3, -0.25) is 5.10 Å². The van der Waals surface area contributed by atoms with Crippen LogP contribution in [0.15, 0.2) is 30.7 Å². The predicted molar refractivity (Wildman–Crippen MR) is 48.9 cm³/mol. The van der Waals surface area contributed by atoms with E-state index in [-0.39, 0.29) is 0 Å². The molecule has 12 heavy (non-hydrogen) atoms. The molecule has 0 saturated heterocycles. The van der Waals surface area contributed by atoms with Gasteiger partial charge in [-0.2, -0.15) is 5.10 Å². The molecule has 0 spiro atoms. The molecule has 0 radical (unpaired) electrons. The number of nitrogens with one attached hydrogen (secondary N) is 2. The highest BCUT2D eigenvalue weighted by atomic mass is 15.1. The van der Waals surface area contributed by atoms with E-state index >= 15 is 0 Å². The molecule has 0 amide bonds. The van der Waals surface area contributed by atoms with Crippen molar-refractivity contribution in [1.29, 1.82) is 0 Å². The molecule has 0 aliphatic heterocycles. The Morgan fingerprint density at radius 2 is 2.08 bits per heavy atom. The van der Waals surface area contributed by atoms with Gasteiger partial charge in [-0.15, -0.1) is 0 Å². The first kappa shape index (κ1) is 8.59. The molecule has 0 atom stereocenters. The smallest absolute Gasteiger partial charge is 0.0489 e. The van der Waals surface area contributed by atoms with E-state index in [0.29, 0.717) is 0 Å². The summed E-state index contributed by atoms with van der Waals surface area (Å²) < 4.78 is 0. The van der Waals surface area contributed by atoms with Crippen LogP contribution in [0.3, 0.4) is 0 Å². The molecular weight excluding hydrogens is 150 g/mol. The summed E-state index contributed by atoms with van der Waals surface area (Å²) in [4.78, 5) is 2.93. The number of aryl methyl sites for hydroxylation is 2. The zero-order valence-electron chi connectivity index (χ0n) is 7.33. The maximum atomic E-state index is 3.70. The lowest BCUT2D eigenvalue weighted by Gasteiger charge is -1.68. The predicted octanol–water partition coefficient (Wildman–Crippen LogP) is 2.04. The summed E-state index contributed by atoms with van der Waals surface area (Å²) in [5.41, 5.74) is 2.39. The molecule has 2 aromatic rings. The molecule has 2 heterocycles. The van der Waals surface area contributed by atoms with Crippen molar-refractivity contribution < 1.29 is 0 Å². The van der Waals surface area contributed by atoms with Crippen LogP contribution in [0.4, 0.5) is 0 Å². The average Bonchev–Trinajstić information content (AvgIpc) is 2.63. The van der Waals surface area contributed by atoms with Gasteiger partial charge in [-0.05, 0) is 31.5 Å². The fraction of sp³-hybridized carbons (Fsp3) is 0.222. The van der Waals surface area contributed by atoms with Crippen LogP contribution < -0.4 is 0 Å². The summed E-state index contributed by atoms with van der Waals surface area (Å²) in [5, 5.41) is 6.45. The lowest BCUT2D eigenvalue weighted by Crippen LogP contribution is -1.65. The molecular formula is C9H13N3. The van der Waals surface area contributed by atoms with Crippen molar-refractivity contribution in [3.05, 3.63) is 42.0 Å². The minimum absolute atomic E-state index is 1.11. The van der Waals surface area contributed by atoms with Crippen LogP contribution in [0, 0.1) is 13.8 Å². The Bertz CT molecular complexity index is 249. The van der Waals surface area contributed by atoms with E-state index < -0.39 is 0 Å². The first-order valence-corrected chi connectivity index (χ1v) is 3.84. The average molecular weight is 163 g/mol. The highest BCUT2D eigenvalue weighted by Crippen LogP contribution is 1.88. The van der Waals surface area contributed by atoms with Gasteiger partial charge >= 0.3 is 0 Å². The summed E-state index contributed by atoms with van der Waals surface area (Å²) >= 11 is 0. The highest BCUT2D eigenvalue weighted by Gasteiger charge is 1.74. The summed E-state index contributed by atoms with van der Waals surface area (Å²) in [6.07, 6.45) is 5.60. The number of hydrogen-bond donors (Lipinski definition) is 2. The van der Waals surface area contributed by atoms with Crippen molar-refractivity contribution in [1.82, 2.24) is 15.2 Å². The lowest BCUT2D eigenvalue weighted by atomic mass is 10.4. The number of hydrogen-bond acceptors (Lipinski definition) is 1. The third-order valence-corrected chi connectivity index (χ3v) is 1.39. The fourth-order valence-corrected chi connectivity index (χ4v) is 0.733. The van der Waals surface area contributed by atoms with E-state index in [4.69, 9.17) is 0 Å². The second-order valence-electron chi connectivity index (χ2n) is 2.63. The standard InChI is InChI=1S/C5H7N.C4H6N2/c1-5-2-3-6-4-5;1-4-2-3-5-6-4/h2-4,6H,1H3;2-3H,1H3,(H,5,6). The Morgan fingerprint density at radius 3 is 2.25 bits per heavy atom. The van der Waals surface area contributed by atoms with Crippen molar-refractivity contribution >= 4 is 0 Å². The van der Waals surface area contributed by atoms with Crippen LogP contribution in [0.5, 0.6) is 0 Å². The van der Waals surface area contributed by atoms with Crippen LogP contribution in [0.25, 0.3) is 0 Å². The van der Waals surface area contributed by atoms with Crippen molar-refractivity contribution in [2.75, 3.05) is 0 Å². The Morgan fingerprint density at radius 1 is 1.25 bits per heavy atom. The molecule has 3 nitrogen and oxygen atoms in total. The molecule has 0 aromatic carbocycles. The Balaban J connectivity index is 0.000000120. The first-order valence-electron chi connectivity index (χ1n) is 3.84. The van der Waals surface area contributed by atoms with Crippen LogP contribution >= 0.6 is 0 Å². The van der Waals surface area contributed by atoms with Gasteiger partial charge < -0.3 is 4.98 Å². The zero-order chi connectivity index (χ0) is 8.81. The SMILES string of the molecule is Cc1cc[nH]c1.Cc1ccn[nH]1. The van der Waals surface area contributed by atoms with E-state index in [0.717, 1.165) is 5.69 Å². The Labute approximate surface area is 71.8 Å². The molecule has 3 heteroatoms. The molecule has 0 unspecified atom stereocenters. The van der Waals surface area contributed by atoms with Crippen molar-refractivity contribution in [2.45, 2.75) is 13.8 Å². The molecule has 2 aromatic heterocycles. The maximum Gasteiger partial charge on any atom is 0.0489 e. The van der Waals surface area contributed by atoms with Gasteiger partial charge in [0.1, 0.15) is 0 Å². The molecule has 0 saturated carbocycles. The number of nitrogens with zero attached hydrogens (tertiary/aromatic N) is 1. The van der Waals surface area contributed by atoms with E-state index in [1.807, 2.05) is 31.5 Å². The van der Waals surface area contributed by atoms with Crippen LogP contribution in [-0.2, 0) is 0 Å². The molecule has 0 bridgehead atoms. The summed E-state index contributed by atoms with van der Waals surface area (Å²) in [6.45, 7) is 4.02. The monoisotopic (exact) mass is 163 g/mol. The minimum Gasteiger partial charge on any atom is -0.367 e. The van der Waals surface area contributed by atoms with E-state index in [9.17, 15) is 0 Å². The molecule has 0 aliphatic rings. The Hall–Kier alpha value is -1.51. The van der Waals surface area contributed by atoms with Gasteiger partial charge in [0.2, 0.25) is 0 Å². The third-order valence-electron chi connectivity index (χ3n) is 1.39. The van der Waals surface area contributed by atoms with Crippen LogP contribution in [0.1, 0.15) is 11.3 Å². The largest absolute Gasteiger partial charge is 0.367 e. The van der Waals surface area contributed by atoms with E-state index in [1.54, 1.807) is 6.20 Å². The maximum absolute atomic E-state index is 3.70. The third kappa shape index (κ3) is 3.05. The molecule has 0 fully saturated rings. The van der Waals surface area contributed by atoms with Gasteiger partial charge in [0.05, 0.1) is 0 Å². The van der Waals surface area contributed by atoms with Gasteiger partial charge in [-0.25, -0.2) is 0 Å². The number of H-pyrrole nitrogens is 2. The number of aromatic nitrogens is 3. The molecule has 2 N–H and O–H groups in total. The zero-order valence-corrected chi connectivity index (χ0v) is 7.33. The van der Waals surface area contributed by atoms with Crippen LogP contribution in [-0.4, -0.2) is 15.2 Å². The van der Waals surface area contributed by atoms with Gasteiger partial charge in [-0.1, -0.05) is 0 Å². The Kier molecular flexibility index (Phi) is 3.14. The summed E-state index contributed by atoms with van der Waals surface area (Å²) in [6, 6.07) is 3.94. The first-order chi connectivity index (χ1) is 5.79. The van der Waals surface area contributed by atoms with E-state index in [2.05, 4.69) is 22.1 Å². The quantitative estimate of drug-likeness (QED) is 0.613. The second kappa shape index (κ2) is 4.38. The van der Waals surface area contributed by atoms with Crippen molar-refractivity contribution in [2.24, 2.45) is 0 Å². The van der Waals surface area contributed by atoms with Crippen LogP contribution in [0.2, 0.25) is 0 Å². The van der Waals surface area contributed by atoms with Gasteiger partial charge in [0.15, 0.2) is 0 Å². The lowest BCUT2D eigenvalue weighted by molar-refractivity contribution is 1.05. The van der Waals surface area contributed by atoms with E-state index in [1.165, 1.54) is 5.56 Å². The molecule has 64 valence electrons. The number of rotatable bonds is 0. The number of aromatic amines is 2. The minimum atomic E-state index is 1.11. The molecule has 2 rings (SSSR count). The second-order valence-corrected chi connectivity index (χ2v) is 2.63. The van der Waals surface area contributed by atoms with Gasteiger partial charge in [0.25, 0.3) is 0 Å². The molecule has 0 aliphatic carbocycles. The summed E-state index contributed by atoms with van der Waals surface area (Å²) in [5.74, 6) is 0. The normalized spacial score (nSPS) is 8.83. The topological polar surface area (TPSA) is 44.5 Å².